The third-order valence-electron chi connectivity index (χ3n) is 1.53. The molecule has 1 N–H and O–H groups in total. The summed E-state index contributed by atoms with van der Waals surface area (Å²) in [6.45, 7) is 9.38. The van der Waals surface area contributed by atoms with E-state index >= 15 is 0 Å². The van der Waals surface area contributed by atoms with Gasteiger partial charge < -0.3 is 5.32 Å². The number of hydrogen-bond acceptors (Lipinski definition) is 2. The number of nitrogens with zero attached hydrogens (tertiary/aromatic N) is 1. The van der Waals surface area contributed by atoms with Crippen molar-refractivity contribution in [2.45, 2.75) is 32.4 Å². The number of thioether (sulfide) groups is 1. The molecule has 3 heteroatoms. The van der Waals surface area contributed by atoms with Crippen LogP contribution in [0, 0.1) is 0 Å². The summed E-state index contributed by atoms with van der Waals surface area (Å²) in [6.07, 6.45) is 2.23. The lowest BCUT2D eigenvalue weighted by molar-refractivity contribution is 0.865. The van der Waals surface area contributed by atoms with Gasteiger partial charge in [-0.25, -0.2) is 0 Å². The highest BCUT2D eigenvalue weighted by atomic mass is 32.2. The Hall–Kier alpha value is -0.440. The van der Waals surface area contributed by atoms with Crippen molar-refractivity contribution in [3.8, 4) is 0 Å². The summed E-state index contributed by atoms with van der Waals surface area (Å²) in [4.78, 5) is 4.36. The second-order valence-electron chi connectivity index (χ2n) is 3.44. The molecule has 0 radical (unpaired) electrons. The number of aliphatic imine (C=N–C) groups is 1. The molecule has 1 rings (SSSR count). The van der Waals surface area contributed by atoms with Crippen molar-refractivity contribution in [3.05, 3.63) is 11.8 Å². The molecule has 0 atom stereocenters. The van der Waals surface area contributed by atoms with Gasteiger partial charge in [-0.15, -0.1) is 0 Å². The molecule has 0 aromatic heterocycles. The van der Waals surface area contributed by atoms with E-state index in [0.29, 0.717) is 0 Å². The second-order valence-corrected chi connectivity index (χ2v) is 5.08. The fourth-order valence-electron chi connectivity index (χ4n) is 1.25. The average molecular weight is 184 g/mol. The van der Waals surface area contributed by atoms with E-state index in [1.54, 1.807) is 11.8 Å². The Kier molecular flexibility index (Phi) is 2.83. The zero-order valence-corrected chi connectivity index (χ0v) is 8.96. The molecule has 68 valence electrons. The maximum absolute atomic E-state index is 4.36. The summed E-state index contributed by atoms with van der Waals surface area (Å²) in [7, 11) is 0. The first-order valence-electron chi connectivity index (χ1n) is 4.23. The number of rotatable bonds is 1. The van der Waals surface area contributed by atoms with Crippen LogP contribution in [0.3, 0.4) is 0 Å². The number of allylic oxidation sites excluding steroid dienone is 1. The fraction of sp³-hybridized carbons (Fsp3) is 0.667. The molecule has 1 aliphatic rings. The third kappa shape index (κ3) is 2.55. The second kappa shape index (κ2) is 3.52. The lowest BCUT2D eigenvalue weighted by Gasteiger charge is -2.27. The highest BCUT2D eigenvalue weighted by Crippen LogP contribution is 2.30. The van der Waals surface area contributed by atoms with E-state index in [1.807, 2.05) is 0 Å². The molecule has 0 saturated heterocycles. The molecule has 0 amide bonds. The molecule has 0 aromatic rings. The lowest BCUT2D eigenvalue weighted by atomic mass is 10.2. The Morgan fingerprint density at radius 2 is 2.25 bits per heavy atom. The summed E-state index contributed by atoms with van der Waals surface area (Å²) >= 11 is 1.78. The summed E-state index contributed by atoms with van der Waals surface area (Å²) in [6, 6.07) is 0. The van der Waals surface area contributed by atoms with E-state index in [1.165, 1.54) is 5.70 Å². The van der Waals surface area contributed by atoms with Crippen LogP contribution in [0.5, 0.6) is 0 Å². The molecule has 0 aliphatic carbocycles. The predicted molar refractivity (Wildman–Crippen MR) is 56.5 cm³/mol. The van der Waals surface area contributed by atoms with Gasteiger partial charge in [-0.3, -0.25) is 4.99 Å². The van der Waals surface area contributed by atoms with Crippen molar-refractivity contribution in [1.29, 1.82) is 0 Å². The Morgan fingerprint density at radius 3 is 2.75 bits per heavy atom. The van der Waals surface area contributed by atoms with E-state index in [2.05, 4.69) is 44.1 Å². The average Bonchev–Trinajstić information content (AvgIpc) is 1.82. The van der Waals surface area contributed by atoms with E-state index < -0.39 is 0 Å². The van der Waals surface area contributed by atoms with E-state index in [0.717, 1.165) is 11.7 Å². The van der Waals surface area contributed by atoms with Crippen LogP contribution in [0.2, 0.25) is 0 Å². The molecule has 0 spiro atoms. The maximum atomic E-state index is 4.36. The molecular formula is C9H16N2S. The predicted octanol–water partition coefficient (Wildman–Crippen LogP) is 2.38. The van der Waals surface area contributed by atoms with Gasteiger partial charge in [-0.05, 0) is 33.8 Å². The lowest BCUT2D eigenvalue weighted by Crippen LogP contribution is -2.31. The van der Waals surface area contributed by atoms with E-state index in [4.69, 9.17) is 0 Å². The van der Waals surface area contributed by atoms with Crippen molar-refractivity contribution < 1.29 is 0 Å². The smallest absolute Gasteiger partial charge is 0.161 e. The first-order valence-corrected chi connectivity index (χ1v) is 5.05. The van der Waals surface area contributed by atoms with Gasteiger partial charge in [0.25, 0.3) is 0 Å². The standard InChI is InChI=1S/C9H16N2S/c1-5-10-8-11-7(2)6-9(3,4)12-8/h6H,5H2,1-4H3,(H,10,11). The molecule has 1 aliphatic heterocycles. The van der Waals surface area contributed by atoms with Crippen LogP contribution in [0.25, 0.3) is 0 Å². The normalized spacial score (nSPS) is 25.0. The van der Waals surface area contributed by atoms with Gasteiger partial charge in [-0.1, -0.05) is 11.8 Å². The molecule has 0 bridgehead atoms. The van der Waals surface area contributed by atoms with Crippen LogP contribution in [0.15, 0.2) is 16.8 Å². The van der Waals surface area contributed by atoms with Gasteiger partial charge >= 0.3 is 0 Å². The first kappa shape index (κ1) is 9.65. The maximum Gasteiger partial charge on any atom is 0.161 e. The summed E-state index contributed by atoms with van der Waals surface area (Å²) in [5.41, 5.74) is 1.20. The molecule has 0 saturated carbocycles. The Labute approximate surface area is 78.5 Å². The minimum atomic E-state index is 0.184. The van der Waals surface area contributed by atoms with Crippen molar-refractivity contribution >= 4 is 16.9 Å². The quantitative estimate of drug-likeness (QED) is 0.676. The van der Waals surface area contributed by atoms with Crippen LogP contribution in [0.1, 0.15) is 27.7 Å². The van der Waals surface area contributed by atoms with Crippen molar-refractivity contribution in [1.82, 2.24) is 5.32 Å². The SMILES string of the molecule is CCN=C1NC(C)=CC(C)(C)S1. The zero-order chi connectivity index (χ0) is 9.19. The Morgan fingerprint density at radius 1 is 1.58 bits per heavy atom. The van der Waals surface area contributed by atoms with Gasteiger partial charge in [0.15, 0.2) is 5.17 Å². The number of amidine groups is 1. The molecule has 12 heavy (non-hydrogen) atoms. The Balaban J connectivity index is 2.79. The van der Waals surface area contributed by atoms with Gasteiger partial charge in [0.1, 0.15) is 0 Å². The largest absolute Gasteiger partial charge is 0.339 e. The molecular weight excluding hydrogens is 168 g/mol. The minimum absolute atomic E-state index is 0.184. The Bertz CT molecular complexity index is 229. The van der Waals surface area contributed by atoms with Crippen LogP contribution in [-0.2, 0) is 0 Å². The molecule has 2 nitrogen and oxygen atoms in total. The molecule has 0 fully saturated rings. The van der Waals surface area contributed by atoms with Crippen molar-refractivity contribution in [3.63, 3.8) is 0 Å². The van der Waals surface area contributed by atoms with Gasteiger partial charge in [0.2, 0.25) is 0 Å². The summed E-state index contributed by atoms with van der Waals surface area (Å²) < 4.78 is 0.184. The van der Waals surface area contributed by atoms with Crippen LogP contribution < -0.4 is 5.32 Å². The highest BCUT2D eigenvalue weighted by Gasteiger charge is 2.23. The van der Waals surface area contributed by atoms with Gasteiger partial charge in [0.05, 0.1) is 0 Å². The number of nitrogens with one attached hydrogen (secondary N) is 1. The molecule has 1 heterocycles. The highest BCUT2D eigenvalue weighted by molar-refractivity contribution is 8.15. The van der Waals surface area contributed by atoms with Crippen LogP contribution >= 0.6 is 11.8 Å². The van der Waals surface area contributed by atoms with Gasteiger partial charge in [-0.2, -0.15) is 0 Å². The van der Waals surface area contributed by atoms with Crippen LogP contribution in [0.4, 0.5) is 0 Å². The summed E-state index contributed by atoms with van der Waals surface area (Å²) in [5, 5.41) is 4.29. The fourth-order valence-corrected chi connectivity index (χ4v) is 2.39. The monoisotopic (exact) mass is 184 g/mol. The molecule has 0 aromatic carbocycles. The third-order valence-corrected chi connectivity index (χ3v) is 2.60. The van der Waals surface area contributed by atoms with Crippen LogP contribution in [-0.4, -0.2) is 16.5 Å². The van der Waals surface area contributed by atoms with E-state index in [-0.39, 0.29) is 4.75 Å². The number of hydrogen-bond donors (Lipinski definition) is 1. The first-order chi connectivity index (χ1) is 5.53. The topological polar surface area (TPSA) is 24.4 Å². The van der Waals surface area contributed by atoms with Crippen molar-refractivity contribution in [2.24, 2.45) is 4.99 Å². The summed E-state index contributed by atoms with van der Waals surface area (Å²) in [5.74, 6) is 0. The van der Waals surface area contributed by atoms with Crippen molar-refractivity contribution in [2.75, 3.05) is 6.54 Å². The molecule has 0 unspecified atom stereocenters. The minimum Gasteiger partial charge on any atom is -0.339 e. The zero-order valence-electron chi connectivity index (χ0n) is 8.14. The van der Waals surface area contributed by atoms with Gasteiger partial charge in [0, 0.05) is 17.0 Å². The van der Waals surface area contributed by atoms with E-state index in [9.17, 15) is 0 Å².